The highest BCUT2D eigenvalue weighted by molar-refractivity contribution is 5.87. The molecule has 0 spiro atoms. The number of carbonyl (C=O) groups is 3. The molecule has 0 radical (unpaired) electrons. The third kappa shape index (κ3) is 3.62. The first kappa shape index (κ1) is 15.5. The Labute approximate surface area is 125 Å². The van der Waals surface area contributed by atoms with Crippen molar-refractivity contribution in [2.45, 2.75) is 19.8 Å². The summed E-state index contributed by atoms with van der Waals surface area (Å²) in [5, 5.41) is 0. The SMILES string of the molecule is C=CC(=O)N1CCC(C(=O)N2CCN(C(C)=O)CC2)CC1. The maximum absolute atomic E-state index is 12.5. The van der Waals surface area contributed by atoms with E-state index in [4.69, 9.17) is 0 Å². The molecule has 6 nitrogen and oxygen atoms in total. The van der Waals surface area contributed by atoms with Crippen molar-refractivity contribution in [3.05, 3.63) is 12.7 Å². The summed E-state index contributed by atoms with van der Waals surface area (Å²) in [6.07, 6.45) is 2.75. The summed E-state index contributed by atoms with van der Waals surface area (Å²) in [5.41, 5.74) is 0. The fourth-order valence-corrected chi connectivity index (χ4v) is 2.98. The van der Waals surface area contributed by atoms with E-state index < -0.39 is 0 Å². The number of rotatable bonds is 2. The van der Waals surface area contributed by atoms with E-state index in [1.807, 2.05) is 4.90 Å². The number of piperazine rings is 1. The van der Waals surface area contributed by atoms with Gasteiger partial charge in [0.05, 0.1) is 0 Å². The summed E-state index contributed by atoms with van der Waals surface area (Å²) in [6, 6.07) is 0. The second kappa shape index (κ2) is 6.74. The average Bonchev–Trinajstić information content (AvgIpc) is 2.53. The Morgan fingerprint density at radius 1 is 0.905 bits per heavy atom. The molecule has 2 aliphatic rings. The zero-order valence-electron chi connectivity index (χ0n) is 12.6. The number of piperidine rings is 1. The molecule has 0 saturated carbocycles. The Morgan fingerprint density at radius 3 is 1.90 bits per heavy atom. The van der Waals surface area contributed by atoms with Gasteiger partial charge in [-0.25, -0.2) is 0 Å². The molecule has 2 heterocycles. The fraction of sp³-hybridized carbons (Fsp3) is 0.667. The molecule has 2 aliphatic heterocycles. The maximum Gasteiger partial charge on any atom is 0.245 e. The largest absolute Gasteiger partial charge is 0.339 e. The van der Waals surface area contributed by atoms with Crippen LogP contribution in [-0.4, -0.2) is 71.7 Å². The lowest BCUT2D eigenvalue weighted by Gasteiger charge is -2.38. The van der Waals surface area contributed by atoms with Gasteiger partial charge in [0.15, 0.2) is 0 Å². The van der Waals surface area contributed by atoms with Crippen LogP contribution < -0.4 is 0 Å². The van der Waals surface area contributed by atoms with Gasteiger partial charge in [0.1, 0.15) is 0 Å². The molecular weight excluding hydrogens is 270 g/mol. The predicted molar refractivity (Wildman–Crippen MR) is 78.3 cm³/mol. The lowest BCUT2D eigenvalue weighted by atomic mass is 9.95. The molecule has 0 aromatic carbocycles. The van der Waals surface area contributed by atoms with Crippen LogP contribution in [0.15, 0.2) is 12.7 Å². The van der Waals surface area contributed by atoms with Gasteiger partial charge in [-0.3, -0.25) is 14.4 Å². The van der Waals surface area contributed by atoms with Crippen molar-refractivity contribution in [2.75, 3.05) is 39.3 Å². The number of hydrogen-bond donors (Lipinski definition) is 0. The van der Waals surface area contributed by atoms with E-state index in [-0.39, 0.29) is 23.6 Å². The monoisotopic (exact) mass is 293 g/mol. The highest BCUT2D eigenvalue weighted by atomic mass is 16.2. The summed E-state index contributed by atoms with van der Waals surface area (Å²) in [6.45, 7) is 8.76. The van der Waals surface area contributed by atoms with Crippen LogP contribution in [0.4, 0.5) is 0 Å². The van der Waals surface area contributed by atoms with Gasteiger partial charge in [0.2, 0.25) is 17.7 Å². The number of hydrogen-bond acceptors (Lipinski definition) is 3. The zero-order chi connectivity index (χ0) is 15.4. The number of amides is 3. The Bertz CT molecular complexity index is 433. The molecule has 2 rings (SSSR count). The summed E-state index contributed by atoms with van der Waals surface area (Å²) >= 11 is 0. The van der Waals surface area contributed by atoms with Gasteiger partial charge >= 0.3 is 0 Å². The number of carbonyl (C=O) groups excluding carboxylic acids is 3. The van der Waals surface area contributed by atoms with E-state index >= 15 is 0 Å². The number of nitrogens with zero attached hydrogens (tertiary/aromatic N) is 3. The molecule has 0 N–H and O–H groups in total. The highest BCUT2D eigenvalue weighted by Gasteiger charge is 2.31. The topological polar surface area (TPSA) is 60.9 Å². The molecule has 0 aromatic rings. The lowest BCUT2D eigenvalue weighted by molar-refractivity contribution is -0.143. The van der Waals surface area contributed by atoms with Gasteiger partial charge in [-0.1, -0.05) is 6.58 Å². The van der Waals surface area contributed by atoms with E-state index in [1.165, 1.54) is 6.08 Å². The van der Waals surface area contributed by atoms with Crippen molar-refractivity contribution in [3.8, 4) is 0 Å². The molecule has 0 unspecified atom stereocenters. The first-order valence-electron chi connectivity index (χ1n) is 7.48. The van der Waals surface area contributed by atoms with Gasteiger partial charge in [-0.15, -0.1) is 0 Å². The first-order valence-corrected chi connectivity index (χ1v) is 7.48. The Morgan fingerprint density at radius 2 is 1.43 bits per heavy atom. The lowest BCUT2D eigenvalue weighted by Crippen LogP contribution is -2.52. The van der Waals surface area contributed by atoms with Crippen molar-refractivity contribution in [2.24, 2.45) is 5.92 Å². The first-order chi connectivity index (χ1) is 10.0. The normalized spacial score (nSPS) is 20.3. The molecule has 3 amide bonds. The molecule has 21 heavy (non-hydrogen) atoms. The fourth-order valence-electron chi connectivity index (χ4n) is 2.98. The van der Waals surface area contributed by atoms with Gasteiger partial charge in [0.25, 0.3) is 0 Å². The second-order valence-corrected chi connectivity index (χ2v) is 5.64. The van der Waals surface area contributed by atoms with E-state index in [9.17, 15) is 14.4 Å². The van der Waals surface area contributed by atoms with E-state index in [0.29, 0.717) is 52.1 Å². The average molecular weight is 293 g/mol. The van der Waals surface area contributed by atoms with Gasteiger partial charge < -0.3 is 14.7 Å². The molecule has 6 heteroatoms. The Kier molecular flexibility index (Phi) is 4.98. The van der Waals surface area contributed by atoms with Gasteiger partial charge in [-0.2, -0.15) is 0 Å². The van der Waals surface area contributed by atoms with E-state index in [2.05, 4.69) is 6.58 Å². The minimum absolute atomic E-state index is 0.00254. The summed E-state index contributed by atoms with van der Waals surface area (Å²) < 4.78 is 0. The molecule has 0 bridgehead atoms. The van der Waals surface area contributed by atoms with Crippen LogP contribution in [0.25, 0.3) is 0 Å². The summed E-state index contributed by atoms with van der Waals surface area (Å²) in [7, 11) is 0. The molecule has 0 atom stereocenters. The van der Waals surface area contributed by atoms with E-state index in [1.54, 1.807) is 16.7 Å². The smallest absolute Gasteiger partial charge is 0.245 e. The van der Waals surface area contributed by atoms with Crippen molar-refractivity contribution in [1.29, 1.82) is 0 Å². The molecule has 2 saturated heterocycles. The van der Waals surface area contributed by atoms with E-state index in [0.717, 1.165) is 0 Å². The van der Waals surface area contributed by atoms with Crippen molar-refractivity contribution in [1.82, 2.24) is 14.7 Å². The predicted octanol–water partition coefficient (Wildman–Crippen LogP) is 0.102. The van der Waals surface area contributed by atoms with Crippen LogP contribution in [0.3, 0.4) is 0 Å². The van der Waals surface area contributed by atoms with Gasteiger partial charge in [0, 0.05) is 52.1 Å². The molecular formula is C15H23N3O3. The van der Waals surface area contributed by atoms with Crippen LogP contribution >= 0.6 is 0 Å². The highest BCUT2D eigenvalue weighted by Crippen LogP contribution is 2.20. The summed E-state index contributed by atoms with van der Waals surface area (Å²) in [5.74, 6) is 0.181. The van der Waals surface area contributed by atoms with Crippen molar-refractivity contribution in [3.63, 3.8) is 0 Å². The van der Waals surface area contributed by atoms with Gasteiger partial charge in [-0.05, 0) is 18.9 Å². The molecule has 2 fully saturated rings. The van der Waals surface area contributed by atoms with Crippen LogP contribution in [-0.2, 0) is 14.4 Å². The quantitative estimate of drug-likeness (QED) is 0.679. The van der Waals surface area contributed by atoms with Crippen molar-refractivity contribution >= 4 is 17.7 Å². The van der Waals surface area contributed by atoms with Crippen LogP contribution in [0, 0.1) is 5.92 Å². The summed E-state index contributed by atoms with van der Waals surface area (Å²) in [4.78, 5) is 40.6. The number of likely N-dealkylation sites (tertiary alicyclic amines) is 1. The van der Waals surface area contributed by atoms with Crippen molar-refractivity contribution < 1.29 is 14.4 Å². The Hall–Kier alpha value is -1.85. The minimum Gasteiger partial charge on any atom is -0.339 e. The third-order valence-corrected chi connectivity index (χ3v) is 4.37. The Balaban J connectivity index is 1.81. The molecule has 0 aliphatic carbocycles. The molecule has 116 valence electrons. The molecule has 0 aromatic heterocycles. The third-order valence-electron chi connectivity index (χ3n) is 4.37. The maximum atomic E-state index is 12.5. The standard InChI is InChI=1S/C15H23N3O3/c1-3-14(20)17-6-4-13(5-7-17)15(21)18-10-8-16(9-11-18)12(2)19/h3,13H,1,4-11H2,2H3. The van der Waals surface area contributed by atoms with Crippen LogP contribution in [0.1, 0.15) is 19.8 Å². The minimum atomic E-state index is -0.0593. The zero-order valence-corrected chi connectivity index (χ0v) is 12.6. The second-order valence-electron chi connectivity index (χ2n) is 5.64. The van der Waals surface area contributed by atoms with Crippen LogP contribution in [0.2, 0.25) is 0 Å². The van der Waals surface area contributed by atoms with Crippen LogP contribution in [0.5, 0.6) is 0 Å².